The minimum Gasteiger partial charge on any atom is -0.497 e. The number of carbonyl (C=O) groups is 2. The van der Waals surface area contributed by atoms with E-state index in [0.29, 0.717) is 5.82 Å². The van der Waals surface area contributed by atoms with Crippen LogP contribution in [0.25, 0.3) is 16.8 Å². The molecule has 8 heteroatoms. The third-order valence-electron chi connectivity index (χ3n) is 6.61. The van der Waals surface area contributed by atoms with Gasteiger partial charge in [0.1, 0.15) is 18.1 Å². The molecule has 2 N–H and O–H groups in total. The Morgan fingerprint density at radius 1 is 0.897 bits per heavy atom. The van der Waals surface area contributed by atoms with Crippen LogP contribution in [0.3, 0.4) is 0 Å². The van der Waals surface area contributed by atoms with Gasteiger partial charge >= 0.3 is 6.03 Å². The number of aryl methyl sites for hydroxylation is 3. The maximum atomic E-state index is 13.5. The van der Waals surface area contributed by atoms with Crippen LogP contribution in [0.5, 0.6) is 5.75 Å². The van der Waals surface area contributed by atoms with Gasteiger partial charge in [-0.25, -0.2) is 9.48 Å². The molecular formula is C31H35N5O3. The SMILES string of the molecule is COc1ccc(-n2nc(C)c(-c3ccccc3)c2NC(=O)CN(C(=O)Nc2c(C)cccc2C)C(C)C)cc1. The largest absolute Gasteiger partial charge is 0.497 e. The van der Waals surface area contributed by atoms with Gasteiger partial charge in [-0.2, -0.15) is 5.10 Å². The van der Waals surface area contributed by atoms with Crippen LogP contribution in [0, 0.1) is 20.8 Å². The van der Waals surface area contributed by atoms with Crippen LogP contribution >= 0.6 is 0 Å². The van der Waals surface area contributed by atoms with Gasteiger partial charge in [-0.15, -0.1) is 0 Å². The number of rotatable bonds is 8. The van der Waals surface area contributed by atoms with E-state index in [1.54, 1.807) is 11.8 Å². The van der Waals surface area contributed by atoms with Crippen molar-refractivity contribution >= 4 is 23.4 Å². The lowest BCUT2D eigenvalue weighted by Gasteiger charge is -2.27. The van der Waals surface area contributed by atoms with E-state index < -0.39 is 0 Å². The van der Waals surface area contributed by atoms with Gasteiger partial charge in [-0.05, 0) is 75.6 Å². The van der Waals surface area contributed by atoms with Crippen LogP contribution < -0.4 is 15.4 Å². The fourth-order valence-electron chi connectivity index (χ4n) is 4.51. The second-order valence-corrected chi connectivity index (χ2v) is 9.75. The molecule has 0 bridgehead atoms. The van der Waals surface area contributed by atoms with Gasteiger partial charge in [0.15, 0.2) is 0 Å². The lowest BCUT2D eigenvalue weighted by atomic mass is 10.1. The van der Waals surface area contributed by atoms with Crippen LogP contribution in [0.4, 0.5) is 16.3 Å². The zero-order chi connectivity index (χ0) is 28.1. The predicted octanol–water partition coefficient (Wildman–Crippen LogP) is 6.35. The molecule has 3 aromatic carbocycles. The number of ether oxygens (including phenoxy) is 1. The first-order valence-electron chi connectivity index (χ1n) is 12.9. The van der Waals surface area contributed by atoms with E-state index in [4.69, 9.17) is 9.84 Å². The molecular weight excluding hydrogens is 490 g/mol. The lowest BCUT2D eigenvalue weighted by Crippen LogP contribution is -2.45. The van der Waals surface area contributed by atoms with E-state index in [9.17, 15) is 9.59 Å². The Labute approximate surface area is 229 Å². The van der Waals surface area contributed by atoms with Crippen molar-refractivity contribution in [1.82, 2.24) is 14.7 Å². The molecule has 0 spiro atoms. The quantitative estimate of drug-likeness (QED) is 0.280. The Bertz CT molecular complexity index is 1440. The minimum absolute atomic E-state index is 0.129. The summed E-state index contributed by atoms with van der Waals surface area (Å²) in [6.07, 6.45) is 0. The Hall–Kier alpha value is -4.59. The highest BCUT2D eigenvalue weighted by atomic mass is 16.5. The highest BCUT2D eigenvalue weighted by molar-refractivity contribution is 5.99. The monoisotopic (exact) mass is 525 g/mol. The number of carbonyl (C=O) groups excluding carboxylic acids is 2. The summed E-state index contributed by atoms with van der Waals surface area (Å²) in [6.45, 7) is 9.45. The number of anilines is 2. The molecule has 202 valence electrons. The molecule has 4 rings (SSSR count). The lowest BCUT2D eigenvalue weighted by molar-refractivity contribution is -0.117. The molecule has 8 nitrogen and oxygen atoms in total. The first-order chi connectivity index (χ1) is 18.7. The third-order valence-corrected chi connectivity index (χ3v) is 6.61. The summed E-state index contributed by atoms with van der Waals surface area (Å²) < 4.78 is 7.01. The van der Waals surface area contributed by atoms with E-state index in [0.717, 1.165) is 45.1 Å². The van der Waals surface area contributed by atoms with Gasteiger partial charge in [-0.3, -0.25) is 4.79 Å². The van der Waals surface area contributed by atoms with Crippen molar-refractivity contribution in [2.45, 2.75) is 40.7 Å². The van der Waals surface area contributed by atoms with Gasteiger partial charge < -0.3 is 20.3 Å². The topological polar surface area (TPSA) is 88.5 Å². The normalized spacial score (nSPS) is 10.8. The number of para-hydroxylation sites is 1. The Kier molecular flexibility index (Phi) is 8.34. The molecule has 0 aliphatic rings. The van der Waals surface area contributed by atoms with Crippen LogP contribution in [0.1, 0.15) is 30.7 Å². The van der Waals surface area contributed by atoms with Crippen LogP contribution in [-0.4, -0.2) is 46.3 Å². The molecule has 4 aromatic rings. The van der Waals surface area contributed by atoms with Crippen LogP contribution in [-0.2, 0) is 4.79 Å². The molecule has 0 radical (unpaired) electrons. The first kappa shape index (κ1) is 27.4. The number of urea groups is 1. The van der Waals surface area contributed by atoms with Crippen molar-refractivity contribution < 1.29 is 14.3 Å². The molecule has 0 fully saturated rings. The average Bonchev–Trinajstić information content (AvgIpc) is 3.24. The summed E-state index contributed by atoms with van der Waals surface area (Å²) in [5.41, 5.74) is 5.96. The summed E-state index contributed by atoms with van der Waals surface area (Å²) in [7, 11) is 1.61. The average molecular weight is 526 g/mol. The Balaban J connectivity index is 1.65. The molecule has 1 aromatic heterocycles. The van der Waals surface area contributed by atoms with E-state index in [-0.39, 0.29) is 24.5 Å². The number of hydrogen-bond acceptors (Lipinski definition) is 4. The fraction of sp³-hybridized carbons (Fsp3) is 0.258. The zero-order valence-electron chi connectivity index (χ0n) is 23.3. The number of nitrogens with zero attached hydrogens (tertiary/aromatic N) is 3. The molecule has 0 saturated carbocycles. The molecule has 0 saturated heterocycles. The van der Waals surface area contributed by atoms with E-state index in [1.165, 1.54) is 4.90 Å². The van der Waals surface area contributed by atoms with Crippen molar-refractivity contribution in [3.8, 4) is 22.6 Å². The molecule has 3 amide bonds. The van der Waals surface area contributed by atoms with Gasteiger partial charge in [-0.1, -0.05) is 48.5 Å². The number of amides is 3. The number of methoxy groups -OCH3 is 1. The minimum atomic E-state index is -0.333. The van der Waals surface area contributed by atoms with Crippen LogP contribution in [0.15, 0.2) is 72.8 Å². The second kappa shape index (κ2) is 11.9. The molecule has 0 atom stereocenters. The van der Waals surface area contributed by atoms with Crippen molar-refractivity contribution in [1.29, 1.82) is 0 Å². The Morgan fingerprint density at radius 2 is 1.54 bits per heavy atom. The molecule has 0 unspecified atom stereocenters. The molecule has 39 heavy (non-hydrogen) atoms. The summed E-state index contributed by atoms with van der Waals surface area (Å²) in [5.74, 6) is 0.930. The van der Waals surface area contributed by atoms with Gasteiger partial charge in [0.05, 0.1) is 18.5 Å². The first-order valence-corrected chi connectivity index (χ1v) is 12.9. The van der Waals surface area contributed by atoms with Crippen molar-refractivity contribution in [2.24, 2.45) is 0 Å². The number of hydrogen-bond donors (Lipinski definition) is 2. The van der Waals surface area contributed by atoms with E-state index in [1.807, 2.05) is 107 Å². The highest BCUT2D eigenvalue weighted by Gasteiger charge is 2.25. The van der Waals surface area contributed by atoms with E-state index in [2.05, 4.69) is 10.6 Å². The number of aromatic nitrogens is 2. The van der Waals surface area contributed by atoms with Crippen molar-refractivity contribution in [2.75, 3.05) is 24.3 Å². The maximum Gasteiger partial charge on any atom is 0.322 e. The van der Waals surface area contributed by atoms with Gasteiger partial charge in [0.2, 0.25) is 5.91 Å². The van der Waals surface area contributed by atoms with Gasteiger partial charge in [0.25, 0.3) is 0 Å². The highest BCUT2D eigenvalue weighted by Crippen LogP contribution is 2.34. The fourth-order valence-corrected chi connectivity index (χ4v) is 4.51. The maximum absolute atomic E-state index is 13.5. The summed E-state index contributed by atoms with van der Waals surface area (Å²) in [6, 6.07) is 22.6. The van der Waals surface area contributed by atoms with Crippen molar-refractivity contribution in [3.05, 3.63) is 89.6 Å². The Morgan fingerprint density at radius 3 is 2.13 bits per heavy atom. The molecule has 0 aliphatic carbocycles. The summed E-state index contributed by atoms with van der Waals surface area (Å²) in [5, 5.41) is 10.8. The van der Waals surface area contributed by atoms with Gasteiger partial charge in [0, 0.05) is 17.3 Å². The smallest absolute Gasteiger partial charge is 0.322 e. The third kappa shape index (κ3) is 6.12. The van der Waals surface area contributed by atoms with E-state index >= 15 is 0 Å². The van der Waals surface area contributed by atoms with Crippen LogP contribution in [0.2, 0.25) is 0 Å². The number of nitrogens with one attached hydrogen (secondary N) is 2. The zero-order valence-corrected chi connectivity index (χ0v) is 23.3. The summed E-state index contributed by atoms with van der Waals surface area (Å²) >= 11 is 0. The molecule has 0 aliphatic heterocycles. The molecule has 1 heterocycles. The standard InChI is InChI=1S/C31H35N5O3/c1-20(2)35(31(38)33-29-21(3)11-10-12-22(29)4)19-27(37)32-30-28(24-13-8-7-9-14-24)23(5)34-36(30)25-15-17-26(39-6)18-16-25/h7-18,20H,19H2,1-6H3,(H,32,37)(H,33,38). The number of benzene rings is 3. The van der Waals surface area contributed by atoms with Crippen molar-refractivity contribution in [3.63, 3.8) is 0 Å². The second-order valence-electron chi connectivity index (χ2n) is 9.75. The predicted molar refractivity (Wildman–Crippen MR) is 156 cm³/mol. The summed E-state index contributed by atoms with van der Waals surface area (Å²) in [4.78, 5) is 28.3.